The molecule has 0 radical (unpaired) electrons. The number of imidazole rings is 1. The molecule has 1 heterocycles. The minimum atomic E-state index is 0.567. The molecular formula is C20H18N2O2S. The lowest BCUT2D eigenvalue weighted by Crippen LogP contribution is -1.87. The van der Waals surface area contributed by atoms with Crippen molar-refractivity contribution in [1.29, 1.82) is 0 Å². The van der Waals surface area contributed by atoms with Gasteiger partial charge in [-0.25, -0.2) is 4.98 Å². The third kappa shape index (κ3) is 3.81. The molecule has 4 nitrogen and oxygen atoms in total. The molecule has 0 bridgehead atoms. The molecule has 2 aromatic carbocycles. The van der Waals surface area contributed by atoms with Gasteiger partial charge in [0.15, 0.2) is 5.16 Å². The third-order valence-electron chi connectivity index (χ3n) is 3.72. The Morgan fingerprint density at radius 3 is 2.04 bits per heavy atom. The molecule has 0 aliphatic rings. The predicted octanol–water partition coefficient (Wildman–Crippen LogP) is 4.49. The van der Waals surface area contributed by atoms with Gasteiger partial charge in [0.1, 0.15) is 11.5 Å². The van der Waals surface area contributed by atoms with Crippen LogP contribution < -0.4 is 9.47 Å². The first-order chi connectivity index (χ1) is 12.2. The van der Waals surface area contributed by atoms with Crippen LogP contribution in [0.1, 0.15) is 0 Å². The molecule has 1 aromatic heterocycles. The Kier molecular flexibility index (Phi) is 5.32. The second kappa shape index (κ2) is 7.82. The topological polar surface area (TPSA) is 47.1 Å². The van der Waals surface area contributed by atoms with E-state index in [1.54, 1.807) is 14.2 Å². The highest BCUT2D eigenvalue weighted by molar-refractivity contribution is 7.99. The van der Waals surface area contributed by atoms with Crippen molar-refractivity contribution in [2.45, 2.75) is 5.16 Å². The Morgan fingerprint density at radius 1 is 0.960 bits per heavy atom. The van der Waals surface area contributed by atoms with Crippen molar-refractivity contribution in [1.82, 2.24) is 9.97 Å². The molecule has 1 N–H and O–H groups in total. The number of hydrogen-bond donors (Lipinski definition) is 1. The lowest BCUT2D eigenvalue weighted by atomic mass is 10.0. The smallest absolute Gasteiger partial charge is 0.167 e. The zero-order valence-corrected chi connectivity index (χ0v) is 14.9. The molecule has 5 heteroatoms. The molecular weight excluding hydrogens is 332 g/mol. The number of nitrogens with one attached hydrogen (secondary N) is 1. The summed E-state index contributed by atoms with van der Waals surface area (Å²) in [6.07, 6.45) is 5.37. The Bertz CT molecular complexity index is 813. The van der Waals surface area contributed by atoms with E-state index in [4.69, 9.17) is 20.9 Å². The van der Waals surface area contributed by atoms with Crippen LogP contribution >= 0.6 is 11.8 Å². The molecule has 0 aliphatic heterocycles. The second-order valence-corrected chi connectivity index (χ2v) is 6.18. The molecule has 0 unspecified atom stereocenters. The number of thioether (sulfide) groups is 1. The van der Waals surface area contributed by atoms with Crippen molar-refractivity contribution >= 4 is 11.8 Å². The van der Waals surface area contributed by atoms with Gasteiger partial charge in [-0.05, 0) is 48.5 Å². The number of aromatic nitrogens is 2. The van der Waals surface area contributed by atoms with E-state index in [-0.39, 0.29) is 0 Å². The number of hydrogen-bond acceptors (Lipinski definition) is 4. The fraction of sp³-hybridized carbons (Fsp3) is 0.150. The molecule has 3 aromatic rings. The zero-order chi connectivity index (χ0) is 17.6. The lowest BCUT2D eigenvalue weighted by Gasteiger charge is -2.06. The first-order valence-electron chi connectivity index (χ1n) is 7.70. The van der Waals surface area contributed by atoms with Gasteiger partial charge in [0, 0.05) is 11.1 Å². The zero-order valence-electron chi connectivity index (χ0n) is 14.1. The average Bonchev–Trinajstić information content (AvgIpc) is 3.10. The minimum Gasteiger partial charge on any atom is -0.497 e. The van der Waals surface area contributed by atoms with Crippen LogP contribution in [-0.2, 0) is 0 Å². The number of nitrogens with zero attached hydrogens (tertiary/aromatic N) is 1. The highest BCUT2D eigenvalue weighted by Gasteiger charge is 2.14. The van der Waals surface area contributed by atoms with E-state index in [0.29, 0.717) is 5.75 Å². The molecule has 0 saturated heterocycles. The fourth-order valence-corrected chi connectivity index (χ4v) is 3.00. The summed E-state index contributed by atoms with van der Waals surface area (Å²) in [6, 6.07) is 15.7. The van der Waals surface area contributed by atoms with E-state index in [1.807, 2.05) is 48.5 Å². The van der Waals surface area contributed by atoms with Gasteiger partial charge < -0.3 is 14.5 Å². The van der Waals surface area contributed by atoms with Gasteiger partial charge in [-0.1, -0.05) is 17.7 Å². The van der Waals surface area contributed by atoms with Crippen LogP contribution in [0, 0.1) is 12.3 Å². The summed E-state index contributed by atoms with van der Waals surface area (Å²) >= 11 is 1.51. The Balaban J connectivity index is 2.04. The molecule has 0 spiro atoms. The summed E-state index contributed by atoms with van der Waals surface area (Å²) < 4.78 is 10.5. The number of ether oxygens (including phenoxy) is 2. The van der Waals surface area contributed by atoms with Crippen LogP contribution in [0.25, 0.3) is 22.5 Å². The lowest BCUT2D eigenvalue weighted by molar-refractivity contribution is 0.414. The van der Waals surface area contributed by atoms with E-state index >= 15 is 0 Å². The quantitative estimate of drug-likeness (QED) is 0.526. The number of aromatic amines is 1. The van der Waals surface area contributed by atoms with Gasteiger partial charge in [0.2, 0.25) is 0 Å². The van der Waals surface area contributed by atoms with Crippen molar-refractivity contribution in [2.24, 2.45) is 0 Å². The summed E-state index contributed by atoms with van der Waals surface area (Å²) in [5, 5.41) is 0.801. The first kappa shape index (κ1) is 17.0. The monoisotopic (exact) mass is 350 g/mol. The van der Waals surface area contributed by atoms with Crippen molar-refractivity contribution in [3.8, 4) is 46.4 Å². The SMILES string of the molecule is C#CCSc1nc(-c2ccc(OC)cc2)c(-c2ccc(OC)cc2)[nH]1. The van der Waals surface area contributed by atoms with Crippen LogP contribution in [0.5, 0.6) is 11.5 Å². The molecule has 25 heavy (non-hydrogen) atoms. The van der Waals surface area contributed by atoms with Crippen molar-refractivity contribution < 1.29 is 9.47 Å². The van der Waals surface area contributed by atoms with Crippen molar-refractivity contribution in [2.75, 3.05) is 20.0 Å². The second-order valence-electron chi connectivity index (χ2n) is 5.22. The standard InChI is InChI=1S/C20H18N2O2S/c1-4-13-25-20-21-18(14-5-9-16(23-2)10-6-14)19(22-20)15-7-11-17(24-3)12-8-15/h1,5-12H,13H2,2-3H3,(H,21,22). The Labute approximate surface area is 151 Å². The first-order valence-corrected chi connectivity index (χ1v) is 8.69. The number of terminal acetylenes is 1. The van der Waals surface area contributed by atoms with Gasteiger partial charge in [-0.15, -0.1) is 6.42 Å². The van der Waals surface area contributed by atoms with Gasteiger partial charge in [0.25, 0.3) is 0 Å². The van der Waals surface area contributed by atoms with E-state index < -0.39 is 0 Å². The molecule has 0 amide bonds. The fourth-order valence-electron chi connectivity index (χ4n) is 2.45. The van der Waals surface area contributed by atoms with E-state index in [2.05, 4.69) is 10.9 Å². The number of benzene rings is 2. The van der Waals surface area contributed by atoms with E-state index in [0.717, 1.165) is 39.2 Å². The highest BCUT2D eigenvalue weighted by Crippen LogP contribution is 2.34. The maximum absolute atomic E-state index is 5.37. The van der Waals surface area contributed by atoms with Gasteiger partial charge >= 0.3 is 0 Å². The van der Waals surface area contributed by atoms with E-state index in [9.17, 15) is 0 Å². The normalized spacial score (nSPS) is 10.3. The third-order valence-corrected chi connectivity index (χ3v) is 4.49. The van der Waals surface area contributed by atoms with Crippen LogP contribution in [0.2, 0.25) is 0 Å². The molecule has 0 fully saturated rings. The minimum absolute atomic E-state index is 0.567. The maximum atomic E-state index is 5.37. The van der Waals surface area contributed by atoms with Crippen LogP contribution in [0.15, 0.2) is 53.7 Å². The maximum Gasteiger partial charge on any atom is 0.167 e. The Morgan fingerprint density at radius 2 is 1.52 bits per heavy atom. The number of H-pyrrole nitrogens is 1. The molecule has 126 valence electrons. The molecule has 3 rings (SSSR count). The number of rotatable bonds is 6. The van der Waals surface area contributed by atoms with E-state index in [1.165, 1.54) is 11.8 Å². The summed E-state index contributed by atoms with van der Waals surface area (Å²) in [7, 11) is 3.31. The van der Waals surface area contributed by atoms with Crippen molar-refractivity contribution in [3.63, 3.8) is 0 Å². The van der Waals surface area contributed by atoms with Gasteiger partial charge in [-0.2, -0.15) is 0 Å². The summed E-state index contributed by atoms with van der Waals surface area (Å²) in [4.78, 5) is 8.11. The molecule has 0 atom stereocenters. The molecule has 0 aliphatic carbocycles. The summed E-state index contributed by atoms with van der Waals surface area (Å²) in [6.45, 7) is 0. The summed E-state index contributed by atoms with van der Waals surface area (Å²) in [5.41, 5.74) is 3.88. The van der Waals surface area contributed by atoms with Crippen LogP contribution in [-0.4, -0.2) is 29.9 Å². The highest BCUT2D eigenvalue weighted by atomic mass is 32.2. The number of methoxy groups -OCH3 is 2. The van der Waals surface area contributed by atoms with Crippen LogP contribution in [0.4, 0.5) is 0 Å². The summed E-state index contributed by atoms with van der Waals surface area (Å²) in [5.74, 6) is 4.82. The predicted molar refractivity (Wildman–Crippen MR) is 102 cm³/mol. The van der Waals surface area contributed by atoms with Crippen LogP contribution in [0.3, 0.4) is 0 Å². The van der Waals surface area contributed by atoms with Gasteiger partial charge in [-0.3, -0.25) is 0 Å². The van der Waals surface area contributed by atoms with Crippen molar-refractivity contribution in [3.05, 3.63) is 48.5 Å². The average molecular weight is 350 g/mol. The molecule has 0 saturated carbocycles. The largest absolute Gasteiger partial charge is 0.497 e. The van der Waals surface area contributed by atoms with Gasteiger partial charge in [0.05, 0.1) is 31.4 Å². The Hall–Kier alpha value is -2.84.